The van der Waals surface area contributed by atoms with Gasteiger partial charge < -0.3 is 5.11 Å². The van der Waals surface area contributed by atoms with Crippen molar-refractivity contribution in [3.63, 3.8) is 0 Å². The molecule has 1 rings (SSSR count). The van der Waals surface area contributed by atoms with Crippen LogP contribution in [-0.2, 0) is 16.6 Å². The molecule has 0 unspecified atom stereocenters. The molecule has 2 N–H and O–H groups in total. The number of carbonyl (C=O) groups is 1. The smallest absolute Gasteiger partial charge is 0.303 e. The Kier molecular flexibility index (Phi) is 3.45. The maximum atomic E-state index is 10.4. The lowest BCUT2D eigenvalue weighted by molar-refractivity contribution is -0.390. The Bertz CT molecular complexity index is 353. The number of aromatic nitrogens is 1. The van der Waals surface area contributed by atoms with Crippen LogP contribution in [0.2, 0.25) is 0 Å². The summed E-state index contributed by atoms with van der Waals surface area (Å²) in [5, 5.41) is 8.59. The van der Waals surface area contributed by atoms with Crippen molar-refractivity contribution in [1.29, 1.82) is 0 Å². The van der Waals surface area contributed by atoms with Gasteiger partial charge in [0.25, 0.3) is 0 Å². The molecule has 15 heavy (non-hydrogen) atoms. The third-order valence-corrected chi connectivity index (χ3v) is 2.34. The zero-order valence-electron chi connectivity index (χ0n) is 9.50. The predicted molar refractivity (Wildman–Crippen MR) is 57.7 cm³/mol. The van der Waals surface area contributed by atoms with E-state index in [1.165, 1.54) is 5.56 Å². The molecule has 0 fully saturated rings. The van der Waals surface area contributed by atoms with E-state index < -0.39 is 5.97 Å². The summed E-state index contributed by atoms with van der Waals surface area (Å²) >= 11 is 0. The van der Waals surface area contributed by atoms with E-state index in [0.717, 1.165) is 5.69 Å². The molecule has 0 radical (unpaired) electrons. The van der Waals surface area contributed by atoms with E-state index in [-0.39, 0.29) is 11.8 Å². The minimum atomic E-state index is -0.760. The van der Waals surface area contributed by atoms with Crippen LogP contribution in [0.25, 0.3) is 0 Å². The number of pyridine rings is 1. The fraction of sp³-hybridized carbons (Fsp3) is 0.500. The highest BCUT2D eigenvalue weighted by Crippen LogP contribution is 2.21. The van der Waals surface area contributed by atoms with Crippen LogP contribution in [0.3, 0.4) is 0 Å². The van der Waals surface area contributed by atoms with Gasteiger partial charge in [0.1, 0.15) is 0 Å². The summed E-state index contributed by atoms with van der Waals surface area (Å²) in [5.74, 6) is -0.760. The Morgan fingerprint density at radius 1 is 1.47 bits per heavy atom. The summed E-state index contributed by atoms with van der Waals surface area (Å²) in [5.41, 5.74) is 2.30. The van der Waals surface area contributed by atoms with Crippen LogP contribution in [0, 0.1) is 0 Å². The second-order valence-electron chi connectivity index (χ2n) is 4.75. The SMILES string of the molecule is CC(C)(C)c1cc[nH+]c(CCC(=O)O)c1. The standard InChI is InChI=1S/C12H17NO2/c1-12(2,3)9-6-7-13-10(8-9)4-5-11(14)15/h6-8H,4-5H2,1-3H3,(H,14,15)/p+1. The zero-order chi connectivity index (χ0) is 11.5. The van der Waals surface area contributed by atoms with Crippen molar-refractivity contribution in [2.45, 2.75) is 39.0 Å². The van der Waals surface area contributed by atoms with Gasteiger partial charge in [-0.25, -0.2) is 4.98 Å². The number of hydrogen-bond donors (Lipinski definition) is 1. The molecule has 1 heterocycles. The van der Waals surface area contributed by atoms with Gasteiger partial charge in [0.05, 0.1) is 6.42 Å². The van der Waals surface area contributed by atoms with Crippen molar-refractivity contribution in [3.8, 4) is 0 Å². The Balaban J connectivity index is 2.79. The molecule has 0 saturated heterocycles. The first kappa shape index (κ1) is 11.7. The predicted octanol–water partition coefficient (Wildman–Crippen LogP) is 1.82. The van der Waals surface area contributed by atoms with Gasteiger partial charge in [-0.2, -0.15) is 0 Å². The minimum absolute atomic E-state index is 0.104. The summed E-state index contributed by atoms with van der Waals surface area (Å²) < 4.78 is 0. The maximum Gasteiger partial charge on any atom is 0.303 e. The van der Waals surface area contributed by atoms with Gasteiger partial charge in [0, 0.05) is 18.6 Å². The highest BCUT2D eigenvalue weighted by molar-refractivity contribution is 5.66. The average Bonchev–Trinajstić information content (AvgIpc) is 2.14. The van der Waals surface area contributed by atoms with Crippen molar-refractivity contribution in [3.05, 3.63) is 29.6 Å². The van der Waals surface area contributed by atoms with E-state index in [0.29, 0.717) is 6.42 Å². The molecule has 1 aromatic rings. The monoisotopic (exact) mass is 208 g/mol. The highest BCUT2D eigenvalue weighted by Gasteiger charge is 2.16. The van der Waals surface area contributed by atoms with Gasteiger partial charge in [-0.05, 0) is 11.0 Å². The minimum Gasteiger partial charge on any atom is -0.481 e. The normalized spacial score (nSPS) is 11.4. The Morgan fingerprint density at radius 2 is 2.13 bits per heavy atom. The summed E-state index contributed by atoms with van der Waals surface area (Å²) in [6.45, 7) is 6.43. The first-order valence-electron chi connectivity index (χ1n) is 5.12. The number of aromatic amines is 1. The van der Waals surface area contributed by atoms with Crippen LogP contribution >= 0.6 is 0 Å². The number of rotatable bonds is 3. The van der Waals surface area contributed by atoms with E-state index in [9.17, 15) is 4.79 Å². The molecule has 3 nitrogen and oxygen atoms in total. The van der Waals surface area contributed by atoms with Crippen LogP contribution in [0.5, 0.6) is 0 Å². The first-order chi connectivity index (χ1) is 6.89. The van der Waals surface area contributed by atoms with E-state index >= 15 is 0 Å². The summed E-state index contributed by atoms with van der Waals surface area (Å²) in [6.07, 6.45) is 2.60. The number of carboxylic acid groups (broad SMARTS) is 1. The quantitative estimate of drug-likeness (QED) is 0.823. The Morgan fingerprint density at radius 3 is 2.67 bits per heavy atom. The molecular weight excluding hydrogens is 190 g/mol. The molecule has 0 spiro atoms. The second kappa shape index (κ2) is 4.43. The molecule has 0 aliphatic heterocycles. The lowest BCUT2D eigenvalue weighted by Gasteiger charge is -2.17. The van der Waals surface area contributed by atoms with Crippen molar-refractivity contribution in [2.75, 3.05) is 0 Å². The number of aryl methyl sites for hydroxylation is 1. The van der Waals surface area contributed by atoms with Crippen LogP contribution in [0.1, 0.15) is 38.4 Å². The van der Waals surface area contributed by atoms with Crippen LogP contribution < -0.4 is 4.98 Å². The van der Waals surface area contributed by atoms with Crippen LogP contribution in [0.4, 0.5) is 0 Å². The lowest BCUT2D eigenvalue weighted by atomic mass is 9.87. The average molecular weight is 208 g/mol. The summed E-state index contributed by atoms with van der Waals surface area (Å²) in [4.78, 5) is 13.5. The van der Waals surface area contributed by atoms with E-state index in [2.05, 4.69) is 25.8 Å². The topological polar surface area (TPSA) is 51.4 Å². The van der Waals surface area contributed by atoms with Crippen LogP contribution in [-0.4, -0.2) is 11.1 Å². The third-order valence-electron chi connectivity index (χ3n) is 2.34. The third kappa shape index (κ3) is 3.70. The van der Waals surface area contributed by atoms with Crippen molar-refractivity contribution in [2.24, 2.45) is 0 Å². The van der Waals surface area contributed by atoms with E-state index in [4.69, 9.17) is 5.11 Å². The second-order valence-corrected chi connectivity index (χ2v) is 4.75. The van der Waals surface area contributed by atoms with Gasteiger partial charge >= 0.3 is 5.97 Å². The fourth-order valence-corrected chi connectivity index (χ4v) is 1.37. The van der Waals surface area contributed by atoms with Gasteiger partial charge in [-0.3, -0.25) is 4.79 Å². The van der Waals surface area contributed by atoms with Crippen molar-refractivity contribution >= 4 is 5.97 Å². The number of nitrogens with one attached hydrogen (secondary N) is 1. The Hall–Kier alpha value is -1.38. The maximum absolute atomic E-state index is 10.4. The summed E-state index contributed by atoms with van der Waals surface area (Å²) in [6, 6.07) is 4.08. The molecule has 82 valence electrons. The number of hydrogen-bond acceptors (Lipinski definition) is 1. The summed E-state index contributed by atoms with van der Waals surface area (Å²) in [7, 11) is 0. The molecule has 0 bridgehead atoms. The number of aliphatic carboxylic acids is 1. The van der Waals surface area contributed by atoms with Crippen LogP contribution in [0.15, 0.2) is 18.3 Å². The highest BCUT2D eigenvalue weighted by atomic mass is 16.4. The van der Waals surface area contributed by atoms with Gasteiger partial charge in [0.15, 0.2) is 11.9 Å². The largest absolute Gasteiger partial charge is 0.481 e. The molecule has 0 aliphatic carbocycles. The molecule has 0 atom stereocenters. The van der Waals surface area contributed by atoms with E-state index in [1.54, 1.807) is 0 Å². The lowest BCUT2D eigenvalue weighted by Crippen LogP contribution is -2.17. The van der Waals surface area contributed by atoms with Crippen molar-refractivity contribution < 1.29 is 14.9 Å². The number of carboxylic acids is 1. The first-order valence-corrected chi connectivity index (χ1v) is 5.12. The zero-order valence-corrected chi connectivity index (χ0v) is 9.50. The van der Waals surface area contributed by atoms with Crippen molar-refractivity contribution in [1.82, 2.24) is 0 Å². The van der Waals surface area contributed by atoms with Gasteiger partial charge in [-0.15, -0.1) is 0 Å². The Labute approximate surface area is 90.2 Å². The molecule has 1 aromatic heterocycles. The molecule has 3 heteroatoms. The van der Waals surface area contributed by atoms with Gasteiger partial charge in [-0.1, -0.05) is 20.8 Å². The molecule has 0 amide bonds. The number of H-pyrrole nitrogens is 1. The molecular formula is C12H18NO2+. The van der Waals surface area contributed by atoms with E-state index in [1.807, 2.05) is 18.3 Å². The molecule has 0 aromatic carbocycles. The fourth-order valence-electron chi connectivity index (χ4n) is 1.37. The van der Waals surface area contributed by atoms with Gasteiger partial charge in [0.2, 0.25) is 0 Å². The molecule has 0 saturated carbocycles. The molecule has 0 aliphatic rings.